The van der Waals surface area contributed by atoms with Crippen LogP contribution in [0, 0.1) is 3.57 Å². The smallest absolute Gasteiger partial charge is 0.264 e. The number of amides is 1. The first-order valence-corrected chi connectivity index (χ1v) is 10.6. The number of halogens is 1. The standard InChI is InChI=1S/C20H17IN2O3S/c1-23(18-10-3-2-4-11-18)27(25,26)19-12-6-9-17(14-19)22-20(24)15-7-5-8-16(21)13-15/h2-14H,1H3,(H,22,24). The highest BCUT2D eigenvalue weighted by molar-refractivity contribution is 14.1. The molecule has 3 aromatic carbocycles. The van der Waals surface area contributed by atoms with E-state index in [9.17, 15) is 13.2 Å². The number of hydrogen-bond donors (Lipinski definition) is 1. The third kappa shape index (κ3) is 4.48. The van der Waals surface area contributed by atoms with Crippen LogP contribution in [-0.2, 0) is 10.0 Å². The van der Waals surface area contributed by atoms with E-state index in [-0.39, 0.29) is 10.8 Å². The summed E-state index contributed by atoms with van der Waals surface area (Å²) in [6.45, 7) is 0. The Hall–Kier alpha value is -2.39. The minimum Gasteiger partial charge on any atom is -0.322 e. The molecule has 3 aromatic rings. The van der Waals surface area contributed by atoms with E-state index < -0.39 is 10.0 Å². The number of hydrogen-bond acceptors (Lipinski definition) is 3. The second kappa shape index (κ2) is 8.10. The maximum Gasteiger partial charge on any atom is 0.264 e. The molecule has 27 heavy (non-hydrogen) atoms. The van der Waals surface area contributed by atoms with E-state index in [1.54, 1.807) is 54.6 Å². The summed E-state index contributed by atoms with van der Waals surface area (Å²) >= 11 is 2.13. The van der Waals surface area contributed by atoms with Gasteiger partial charge in [0.05, 0.1) is 10.6 Å². The Labute approximate surface area is 172 Å². The largest absolute Gasteiger partial charge is 0.322 e. The summed E-state index contributed by atoms with van der Waals surface area (Å²) in [6.07, 6.45) is 0. The molecule has 0 heterocycles. The maximum atomic E-state index is 12.9. The Morgan fingerprint density at radius 3 is 2.33 bits per heavy atom. The van der Waals surface area contributed by atoms with E-state index in [0.717, 1.165) is 3.57 Å². The van der Waals surface area contributed by atoms with Gasteiger partial charge in [0, 0.05) is 21.9 Å². The Morgan fingerprint density at radius 2 is 1.63 bits per heavy atom. The van der Waals surface area contributed by atoms with Gasteiger partial charge in [-0.15, -0.1) is 0 Å². The Bertz CT molecular complexity index is 1070. The molecule has 0 radical (unpaired) electrons. The van der Waals surface area contributed by atoms with E-state index in [1.807, 2.05) is 12.1 Å². The lowest BCUT2D eigenvalue weighted by Crippen LogP contribution is -2.26. The summed E-state index contributed by atoms with van der Waals surface area (Å²) in [6, 6.07) is 22.2. The molecule has 0 saturated heterocycles. The fraction of sp³-hybridized carbons (Fsp3) is 0.0500. The number of nitrogens with one attached hydrogen (secondary N) is 1. The van der Waals surface area contributed by atoms with Crippen molar-refractivity contribution >= 4 is 49.9 Å². The highest BCUT2D eigenvalue weighted by Gasteiger charge is 2.21. The summed E-state index contributed by atoms with van der Waals surface area (Å²) in [5, 5.41) is 2.75. The van der Waals surface area contributed by atoms with Crippen molar-refractivity contribution in [3.63, 3.8) is 0 Å². The van der Waals surface area contributed by atoms with Crippen molar-refractivity contribution in [2.45, 2.75) is 4.90 Å². The lowest BCUT2D eigenvalue weighted by molar-refractivity contribution is 0.102. The van der Waals surface area contributed by atoms with Gasteiger partial charge in [-0.3, -0.25) is 9.10 Å². The monoisotopic (exact) mass is 492 g/mol. The molecule has 7 heteroatoms. The average molecular weight is 492 g/mol. The maximum absolute atomic E-state index is 12.9. The molecule has 0 fully saturated rings. The molecule has 0 aliphatic carbocycles. The van der Waals surface area contributed by atoms with E-state index in [4.69, 9.17) is 0 Å². The number of carbonyl (C=O) groups excluding carboxylic acids is 1. The predicted octanol–water partition coefficient (Wildman–Crippen LogP) is 4.37. The number of sulfonamides is 1. The number of benzene rings is 3. The van der Waals surface area contributed by atoms with Crippen molar-refractivity contribution in [1.29, 1.82) is 0 Å². The predicted molar refractivity (Wildman–Crippen MR) is 116 cm³/mol. The van der Waals surface area contributed by atoms with E-state index in [0.29, 0.717) is 16.9 Å². The van der Waals surface area contributed by atoms with Crippen LogP contribution in [0.3, 0.4) is 0 Å². The van der Waals surface area contributed by atoms with E-state index in [1.165, 1.54) is 23.5 Å². The molecule has 0 atom stereocenters. The van der Waals surface area contributed by atoms with Gasteiger partial charge in [0.2, 0.25) is 0 Å². The van der Waals surface area contributed by atoms with Gasteiger partial charge in [0.15, 0.2) is 0 Å². The quantitative estimate of drug-likeness (QED) is 0.539. The van der Waals surface area contributed by atoms with Gasteiger partial charge in [0.25, 0.3) is 15.9 Å². The molecular formula is C20H17IN2O3S. The summed E-state index contributed by atoms with van der Waals surface area (Å²) in [7, 11) is -2.24. The molecule has 0 aliphatic rings. The summed E-state index contributed by atoms with van der Waals surface area (Å²) in [5.41, 5.74) is 1.49. The third-order valence-electron chi connectivity index (χ3n) is 3.96. The van der Waals surface area contributed by atoms with Crippen LogP contribution < -0.4 is 9.62 Å². The molecule has 1 amide bonds. The molecule has 0 aliphatic heterocycles. The van der Waals surface area contributed by atoms with E-state index in [2.05, 4.69) is 27.9 Å². The number of carbonyl (C=O) groups is 1. The Balaban J connectivity index is 1.86. The fourth-order valence-electron chi connectivity index (χ4n) is 2.50. The first-order valence-electron chi connectivity index (χ1n) is 8.09. The minimum absolute atomic E-state index is 0.106. The first kappa shape index (κ1) is 19.4. The van der Waals surface area contributed by atoms with Crippen LogP contribution in [0.15, 0.2) is 83.8 Å². The van der Waals surface area contributed by atoms with Crippen LogP contribution >= 0.6 is 22.6 Å². The number of rotatable bonds is 5. The number of para-hydroxylation sites is 1. The van der Waals surface area contributed by atoms with Gasteiger partial charge in [0.1, 0.15) is 0 Å². The second-order valence-electron chi connectivity index (χ2n) is 5.80. The van der Waals surface area contributed by atoms with Crippen LogP contribution in [0.4, 0.5) is 11.4 Å². The molecule has 5 nitrogen and oxygen atoms in total. The molecule has 0 unspecified atom stereocenters. The summed E-state index contributed by atoms with van der Waals surface area (Å²) < 4.78 is 28.0. The first-order chi connectivity index (χ1) is 12.9. The van der Waals surface area contributed by atoms with Gasteiger partial charge in [-0.2, -0.15) is 0 Å². The van der Waals surface area contributed by atoms with Crippen LogP contribution in [0.5, 0.6) is 0 Å². The lowest BCUT2D eigenvalue weighted by atomic mass is 10.2. The zero-order valence-corrected chi connectivity index (χ0v) is 17.4. The van der Waals surface area contributed by atoms with E-state index >= 15 is 0 Å². The van der Waals surface area contributed by atoms with Gasteiger partial charge in [-0.1, -0.05) is 30.3 Å². The second-order valence-corrected chi connectivity index (χ2v) is 9.02. The molecule has 1 N–H and O–H groups in total. The molecule has 0 aromatic heterocycles. The topological polar surface area (TPSA) is 66.5 Å². The summed E-state index contributed by atoms with van der Waals surface area (Å²) in [5.74, 6) is -0.292. The zero-order chi connectivity index (χ0) is 19.4. The highest BCUT2D eigenvalue weighted by atomic mass is 127. The third-order valence-corrected chi connectivity index (χ3v) is 6.41. The average Bonchev–Trinajstić information content (AvgIpc) is 2.68. The molecule has 3 rings (SSSR count). The minimum atomic E-state index is -3.74. The molecule has 138 valence electrons. The van der Waals surface area contributed by atoms with Gasteiger partial charge >= 0.3 is 0 Å². The Morgan fingerprint density at radius 1 is 0.926 bits per heavy atom. The van der Waals surface area contributed by atoms with Crippen molar-refractivity contribution in [1.82, 2.24) is 0 Å². The highest BCUT2D eigenvalue weighted by Crippen LogP contribution is 2.24. The van der Waals surface area contributed by atoms with Crippen molar-refractivity contribution in [3.8, 4) is 0 Å². The SMILES string of the molecule is CN(c1ccccc1)S(=O)(=O)c1cccc(NC(=O)c2cccc(I)c2)c1. The molecule has 0 spiro atoms. The van der Waals surface area contributed by atoms with Gasteiger partial charge < -0.3 is 5.32 Å². The van der Waals surface area contributed by atoms with Crippen LogP contribution in [0.2, 0.25) is 0 Å². The van der Waals surface area contributed by atoms with Crippen molar-refractivity contribution in [3.05, 3.63) is 88.0 Å². The van der Waals surface area contributed by atoms with Crippen molar-refractivity contribution < 1.29 is 13.2 Å². The molecule has 0 saturated carbocycles. The molecule has 0 bridgehead atoms. The molecular weight excluding hydrogens is 475 g/mol. The zero-order valence-electron chi connectivity index (χ0n) is 14.5. The number of nitrogens with zero attached hydrogens (tertiary/aromatic N) is 1. The van der Waals surface area contributed by atoms with Crippen molar-refractivity contribution in [2.75, 3.05) is 16.7 Å². The Kier molecular flexibility index (Phi) is 5.81. The van der Waals surface area contributed by atoms with Gasteiger partial charge in [-0.25, -0.2) is 8.42 Å². The van der Waals surface area contributed by atoms with Gasteiger partial charge in [-0.05, 0) is 71.1 Å². The van der Waals surface area contributed by atoms with Crippen LogP contribution in [-0.4, -0.2) is 21.4 Å². The van der Waals surface area contributed by atoms with Crippen LogP contribution in [0.1, 0.15) is 10.4 Å². The fourth-order valence-corrected chi connectivity index (χ4v) is 4.29. The lowest BCUT2D eigenvalue weighted by Gasteiger charge is -2.19. The normalized spacial score (nSPS) is 11.0. The summed E-state index contributed by atoms with van der Waals surface area (Å²) in [4.78, 5) is 12.5. The van der Waals surface area contributed by atoms with Crippen LogP contribution in [0.25, 0.3) is 0 Å². The van der Waals surface area contributed by atoms with Crippen molar-refractivity contribution in [2.24, 2.45) is 0 Å². The number of anilines is 2.